The van der Waals surface area contributed by atoms with E-state index in [1.807, 2.05) is 13.8 Å². The minimum absolute atomic E-state index is 0.224. The minimum atomic E-state index is -3.47. The van der Waals surface area contributed by atoms with Crippen molar-refractivity contribution in [1.82, 2.24) is 9.62 Å². The van der Waals surface area contributed by atoms with Gasteiger partial charge in [-0.1, -0.05) is 26.0 Å². The average Bonchev–Trinajstić information content (AvgIpc) is 2.67. The van der Waals surface area contributed by atoms with Gasteiger partial charge in [0, 0.05) is 25.2 Å². The monoisotopic (exact) mass is 454 g/mol. The van der Waals surface area contributed by atoms with Crippen molar-refractivity contribution in [2.75, 3.05) is 20.2 Å². The summed E-state index contributed by atoms with van der Waals surface area (Å²) < 4.78 is 32.2. The van der Waals surface area contributed by atoms with Crippen LogP contribution in [0.4, 0.5) is 0 Å². The fourth-order valence-electron chi connectivity index (χ4n) is 2.58. The Morgan fingerprint density at radius 2 is 1.74 bits per heavy atom. The van der Waals surface area contributed by atoms with Crippen LogP contribution >= 0.6 is 15.9 Å². The zero-order valence-corrected chi connectivity index (χ0v) is 17.9. The number of hydrogen-bond acceptors (Lipinski definition) is 4. The van der Waals surface area contributed by atoms with Crippen molar-refractivity contribution >= 4 is 31.9 Å². The van der Waals surface area contributed by atoms with Crippen LogP contribution in [-0.4, -0.2) is 38.8 Å². The molecule has 0 aromatic heterocycles. The maximum atomic E-state index is 12.5. The topological polar surface area (TPSA) is 75.7 Å². The lowest BCUT2D eigenvalue weighted by Crippen LogP contribution is -2.30. The molecule has 0 spiro atoms. The standard InChI is InChI=1S/C19H23BrN2O4S/c1-4-22(5-2)27(24,25)16-9-6-14(7-10-16)13-21-19(23)15-8-11-18(26-3)17(20)12-15/h6-12H,4-5,13H2,1-3H3,(H,21,23). The van der Waals surface area contributed by atoms with Gasteiger partial charge < -0.3 is 10.1 Å². The molecule has 0 aliphatic carbocycles. The Bertz CT molecular complexity index is 894. The fraction of sp³-hybridized carbons (Fsp3) is 0.316. The van der Waals surface area contributed by atoms with Crippen LogP contribution in [0.15, 0.2) is 51.8 Å². The van der Waals surface area contributed by atoms with Gasteiger partial charge in [0.05, 0.1) is 16.5 Å². The molecular weight excluding hydrogens is 432 g/mol. The van der Waals surface area contributed by atoms with Gasteiger partial charge >= 0.3 is 0 Å². The molecule has 0 saturated heterocycles. The molecule has 0 unspecified atom stereocenters. The number of nitrogens with zero attached hydrogens (tertiary/aromatic N) is 1. The van der Waals surface area contributed by atoms with E-state index in [9.17, 15) is 13.2 Å². The highest BCUT2D eigenvalue weighted by Gasteiger charge is 2.21. The van der Waals surface area contributed by atoms with Crippen LogP contribution in [0.5, 0.6) is 5.75 Å². The Morgan fingerprint density at radius 1 is 1.11 bits per heavy atom. The van der Waals surface area contributed by atoms with Crippen LogP contribution in [0, 0.1) is 0 Å². The molecule has 0 fully saturated rings. The summed E-state index contributed by atoms with van der Waals surface area (Å²) in [5.74, 6) is 0.426. The third-order valence-corrected chi connectivity index (χ3v) is 6.82. The van der Waals surface area contributed by atoms with Crippen LogP contribution in [0.25, 0.3) is 0 Å². The van der Waals surface area contributed by atoms with E-state index in [0.29, 0.717) is 35.4 Å². The number of rotatable bonds is 8. The van der Waals surface area contributed by atoms with Crippen molar-refractivity contribution < 1.29 is 17.9 Å². The first-order valence-corrected chi connectivity index (χ1v) is 10.8. The molecule has 2 aromatic rings. The second kappa shape index (κ2) is 9.34. The summed E-state index contributed by atoms with van der Waals surface area (Å²) in [5, 5.41) is 2.82. The number of hydrogen-bond donors (Lipinski definition) is 1. The molecule has 0 bridgehead atoms. The summed E-state index contributed by atoms with van der Waals surface area (Å²) in [6, 6.07) is 11.6. The molecule has 8 heteroatoms. The molecule has 0 radical (unpaired) electrons. The lowest BCUT2D eigenvalue weighted by atomic mass is 10.2. The zero-order chi connectivity index (χ0) is 20.0. The van der Waals surface area contributed by atoms with Gasteiger partial charge in [0.2, 0.25) is 10.0 Å². The predicted octanol–water partition coefficient (Wildman–Crippen LogP) is 3.42. The number of sulfonamides is 1. The second-order valence-corrected chi connectivity index (χ2v) is 8.56. The molecule has 0 atom stereocenters. The van der Waals surface area contributed by atoms with Crippen molar-refractivity contribution in [3.8, 4) is 5.75 Å². The van der Waals surface area contributed by atoms with E-state index in [-0.39, 0.29) is 10.8 Å². The maximum Gasteiger partial charge on any atom is 0.251 e. The van der Waals surface area contributed by atoms with E-state index >= 15 is 0 Å². The number of amides is 1. The summed E-state index contributed by atoms with van der Waals surface area (Å²) >= 11 is 3.36. The van der Waals surface area contributed by atoms with E-state index in [0.717, 1.165) is 5.56 Å². The fourth-order valence-corrected chi connectivity index (χ4v) is 4.58. The van der Waals surface area contributed by atoms with E-state index in [4.69, 9.17) is 4.74 Å². The molecule has 1 N–H and O–H groups in total. The largest absolute Gasteiger partial charge is 0.496 e. The number of ether oxygens (including phenoxy) is 1. The normalized spacial score (nSPS) is 11.4. The van der Waals surface area contributed by atoms with E-state index in [2.05, 4.69) is 21.2 Å². The molecule has 27 heavy (non-hydrogen) atoms. The predicted molar refractivity (Wildman–Crippen MR) is 108 cm³/mol. The number of nitrogens with one attached hydrogen (secondary N) is 1. The van der Waals surface area contributed by atoms with Gasteiger partial charge in [-0.3, -0.25) is 4.79 Å². The van der Waals surface area contributed by atoms with E-state index in [1.54, 1.807) is 49.6 Å². The third-order valence-electron chi connectivity index (χ3n) is 4.13. The highest BCUT2D eigenvalue weighted by Crippen LogP contribution is 2.25. The van der Waals surface area contributed by atoms with Crippen LogP contribution in [-0.2, 0) is 16.6 Å². The highest BCUT2D eigenvalue weighted by atomic mass is 79.9. The van der Waals surface area contributed by atoms with E-state index in [1.165, 1.54) is 4.31 Å². The third kappa shape index (κ3) is 5.09. The van der Waals surface area contributed by atoms with Crippen molar-refractivity contribution in [2.24, 2.45) is 0 Å². The summed E-state index contributed by atoms with van der Waals surface area (Å²) in [6.07, 6.45) is 0. The van der Waals surface area contributed by atoms with Gasteiger partial charge in [0.1, 0.15) is 5.75 Å². The van der Waals surface area contributed by atoms with Gasteiger partial charge in [-0.25, -0.2) is 8.42 Å². The Kier molecular flexibility index (Phi) is 7.41. The van der Waals surface area contributed by atoms with Gasteiger partial charge in [0.25, 0.3) is 5.91 Å². The summed E-state index contributed by atoms with van der Waals surface area (Å²) in [4.78, 5) is 12.5. The highest BCUT2D eigenvalue weighted by molar-refractivity contribution is 9.10. The van der Waals surface area contributed by atoms with Crippen LogP contribution in [0.3, 0.4) is 0 Å². The Hall–Kier alpha value is -1.90. The molecule has 0 aliphatic rings. The van der Waals surface area contributed by atoms with Crippen molar-refractivity contribution in [3.63, 3.8) is 0 Å². The number of halogens is 1. The molecular formula is C19H23BrN2O4S. The summed E-state index contributed by atoms with van der Waals surface area (Å²) in [5.41, 5.74) is 1.32. The molecule has 0 saturated carbocycles. The molecule has 2 aromatic carbocycles. The van der Waals surface area contributed by atoms with Gasteiger partial charge in [-0.05, 0) is 51.8 Å². The number of carbonyl (C=O) groups excluding carboxylic acids is 1. The Morgan fingerprint density at radius 3 is 2.26 bits per heavy atom. The van der Waals surface area contributed by atoms with Crippen LogP contribution in [0.2, 0.25) is 0 Å². The SMILES string of the molecule is CCN(CC)S(=O)(=O)c1ccc(CNC(=O)c2ccc(OC)c(Br)c2)cc1. The molecule has 146 valence electrons. The minimum Gasteiger partial charge on any atom is -0.496 e. The quantitative estimate of drug-likeness (QED) is 0.662. The molecule has 0 heterocycles. The lowest BCUT2D eigenvalue weighted by Gasteiger charge is -2.18. The summed E-state index contributed by atoms with van der Waals surface area (Å²) in [7, 11) is -1.92. The van der Waals surface area contributed by atoms with Crippen molar-refractivity contribution in [3.05, 3.63) is 58.1 Å². The van der Waals surface area contributed by atoms with E-state index < -0.39 is 10.0 Å². The van der Waals surface area contributed by atoms with Crippen molar-refractivity contribution in [2.45, 2.75) is 25.3 Å². The number of benzene rings is 2. The maximum absolute atomic E-state index is 12.5. The molecule has 1 amide bonds. The molecule has 2 rings (SSSR count). The first-order chi connectivity index (χ1) is 12.8. The lowest BCUT2D eigenvalue weighted by molar-refractivity contribution is 0.0951. The summed E-state index contributed by atoms with van der Waals surface area (Å²) in [6.45, 7) is 4.77. The Labute approximate surface area is 168 Å². The van der Waals surface area contributed by atoms with Gasteiger partial charge in [-0.15, -0.1) is 0 Å². The number of carbonyl (C=O) groups is 1. The molecule has 0 aliphatic heterocycles. The van der Waals surface area contributed by atoms with Crippen molar-refractivity contribution in [1.29, 1.82) is 0 Å². The zero-order valence-electron chi connectivity index (χ0n) is 15.5. The van der Waals surface area contributed by atoms with Crippen LogP contribution in [0.1, 0.15) is 29.8 Å². The second-order valence-electron chi connectivity index (χ2n) is 5.77. The molecule has 6 nitrogen and oxygen atoms in total. The van der Waals surface area contributed by atoms with Crippen LogP contribution < -0.4 is 10.1 Å². The first kappa shape index (κ1) is 21.4. The van der Waals surface area contributed by atoms with Gasteiger partial charge in [0.15, 0.2) is 0 Å². The first-order valence-electron chi connectivity index (χ1n) is 8.54. The smallest absolute Gasteiger partial charge is 0.251 e. The Balaban J connectivity index is 2.05. The average molecular weight is 455 g/mol. The number of methoxy groups -OCH3 is 1. The van der Waals surface area contributed by atoms with Gasteiger partial charge in [-0.2, -0.15) is 4.31 Å².